The molecule has 3 rings (SSSR count). The van der Waals surface area contributed by atoms with Gasteiger partial charge in [0.15, 0.2) is 0 Å². The van der Waals surface area contributed by atoms with Crippen LogP contribution >= 0.6 is 11.3 Å². The zero-order valence-electron chi connectivity index (χ0n) is 14.7. The van der Waals surface area contributed by atoms with Crippen LogP contribution in [-0.4, -0.2) is 17.8 Å². The highest BCUT2D eigenvalue weighted by atomic mass is 32.1. The van der Waals surface area contributed by atoms with Crippen molar-refractivity contribution < 1.29 is 23.5 Å². The van der Waals surface area contributed by atoms with Crippen molar-refractivity contribution in [3.63, 3.8) is 0 Å². The number of carbonyl (C=O) groups excluding carboxylic acids is 3. The Morgan fingerprint density at radius 1 is 1.19 bits per heavy atom. The van der Waals surface area contributed by atoms with Gasteiger partial charge in [0.1, 0.15) is 10.8 Å². The van der Waals surface area contributed by atoms with E-state index in [0.29, 0.717) is 11.4 Å². The summed E-state index contributed by atoms with van der Waals surface area (Å²) in [4.78, 5) is 37.3. The lowest BCUT2D eigenvalue weighted by Crippen LogP contribution is -2.27. The normalized spacial score (nSPS) is 14.1. The maximum atomic E-state index is 13.1. The first kappa shape index (κ1) is 19.0. The molecule has 0 unspecified atom stereocenters. The molecular weight excluding hydrogens is 371 g/mol. The van der Waals surface area contributed by atoms with Crippen molar-refractivity contribution in [3.8, 4) is 0 Å². The second kappa shape index (κ2) is 7.87. The van der Waals surface area contributed by atoms with Gasteiger partial charge in [-0.3, -0.25) is 9.59 Å². The Hall–Kier alpha value is -2.74. The number of hydrogen-bond acceptors (Lipinski definition) is 5. The van der Waals surface area contributed by atoms with Crippen molar-refractivity contribution >= 4 is 34.1 Å². The second-order valence-electron chi connectivity index (χ2n) is 6.34. The van der Waals surface area contributed by atoms with Crippen LogP contribution in [0.4, 0.5) is 9.39 Å². The predicted octanol–water partition coefficient (Wildman–Crippen LogP) is 3.11. The van der Waals surface area contributed by atoms with E-state index in [0.717, 1.165) is 41.8 Å². The third-order valence-electron chi connectivity index (χ3n) is 4.32. The molecule has 0 fully saturated rings. The molecule has 2 aromatic rings. The number of nitrogens with two attached hydrogens (primary N) is 1. The third kappa shape index (κ3) is 4.16. The average Bonchev–Trinajstić information content (AvgIpc) is 2.97. The quantitative estimate of drug-likeness (QED) is 0.767. The number of amides is 2. The summed E-state index contributed by atoms with van der Waals surface area (Å²) in [6.45, 7) is 1.36. The van der Waals surface area contributed by atoms with E-state index in [1.807, 2.05) is 0 Å². The summed E-state index contributed by atoms with van der Waals surface area (Å²) < 4.78 is 18.5. The molecule has 0 saturated carbocycles. The minimum absolute atomic E-state index is 0.276. The van der Waals surface area contributed by atoms with E-state index in [4.69, 9.17) is 10.5 Å². The number of esters is 1. The van der Waals surface area contributed by atoms with Gasteiger partial charge in [0, 0.05) is 17.4 Å². The van der Waals surface area contributed by atoms with E-state index in [9.17, 15) is 18.8 Å². The Kier molecular flexibility index (Phi) is 5.55. The summed E-state index contributed by atoms with van der Waals surface area (Å²) in [7, 11) is 0. The average molecular weight is 390 g/mol. The summed E-state index contributed by atoms with van der Waals surface area (Å²) >= 11 is 1.35. The molecule has 3 N–H and O–H groups in total. The number of primary amides is 1. The first-order chi connectivity index (χ1) is 12.9. The largest absolute Gasteiger partial charge is 0.444 e. The van der Waals surface area contributed by atoms with Crippen molar-refractivity contribution in [2.75, 3.05) is 5.32 Å². The molecule has 1 atom stereocenters. The van der Waals surface area contributed by atoms with E-state index in [1.165, 1.54) is 30.4 Å². The molecule has 1 aliphatic carbocycles. The van der Waals surface area contributed by atoms with Gasteiger partial charge in [-0.05, 0) is 43.4 Å². The first-order valence-electron chi connectivity index (χ1n) is 8.54. The number of ether oxygens (including phenoxy) is 1. The van der Waals surface area contributed by atoms with Crippen LogP contribution < -0.4 is 11.1 Å². The van der Waals surface area contributed by atoms with Crippen LogP contribution in [0.25, 0.3) is 0 Å². The fourth-order valence-corrected chi connectivity index (χ4v) is 4.45. The molecule has 2 amide bonds. The van der Waals surface area contributed by atoms with Gasteiger partial charge in [-0.25, -0.2) is 9.18 Å². The summed E-state index contributed by atoms with van der Waals surface area (Å²) in [5.41, 5.74) is 6.79. The van der Waals surface area contributed by atoms with Crippen molar-refractivity contribution in [3.05, 3.63) is 51.7 Å². The molecule has 0 radical (unpaired) electrons. The van der Waals surface area contributed by atoms with Gasteiger partial charge in [0.25, 0.3) is 5.91 Å². The highest BCUT2D eigenvalue weighted by molar-refractivity contribution is 7.17. The Bertz CT molecular complexity index is 892. The number of thiophene rings is 1. The number of benzene rings is 1. The van der Waals surface area contributed by atoms with Gasteiger partial charge < -0.3 is 15.8 Å². The van der Waals surface area contributed by atoms with E-state index in [-0.39, 0.29) is 17.0 Å². The number of halogens is 1. The summed E-state index contributed by atoms with van der Waals surface area (Å²) in [5, 5.41) is 3.09. The van der Waals surface area contributed by atoms with Gasteiger partial charge in [0.2, 0.25) is 12.0 Å². The zero-order valence-corrected chi connectivity index (χ0v) is 15.5. The molecule has 0 saturated heterocycles. The number of nitrogens with one attached hydrogen (secondary N) is 1. The Morgan fingerprint density at radius 2 is 1.85 bits per heavy atom. The molecule has 1 aromatic heterocycles. The van der Waals surface area contributed by atoms with Gasteiger partial charge in [0.05, 0.1) is 5.56 Å². The topological polar surface area (TPSA) is 98.5 Å². The monoisotopic (exact) mass is 390 g/mol. The molecule has 0 aliphatic heterocycles. The van der Waals surface area contributed by atoms with Crippen molar-refractivity contribution in [1.29, 1.82) is 0 Å². The molecule has 0 spiro atoms. The lowest BCUT2D eigenvalue weighted by atomic mass is 9.95. The number of carbonyl (C=O) groups is 3. The van der Waals surface area contributed by atoms with Gasteiger partial charge >= 0.3 is 5.97 Å². The smallest absolute Gasteiger partial charge is 0.342 e. The van der Waals surface area contributed by atoms with Crippen LogP contribution in [0.3, 0.4) is 0 Å². The van der Waals surface area contributed by atoms with Crippen LogP contribution in [0.2, 0.25) is 0 Å². The molecule has 1 heterocycles. The Balaban J connectivity index is 1.94. The fraction of sp³-hybridized carbons (Fsp3) is 0.316. The van der Waals surface area contributed by atoms with Crippen LogP contribution in [0.1, 0.15) is 52.2 Å². The first-order valence-corrected chi connectivity index (χ1v) is 9.36. The lowest BCUT2D eigenvalue weighted by molar-refractivity contribution is -0.127. The van der Waals surface area contributed by atoms with Gasteiger partial charge in [-0.15, -0.1) is 11.3 Å². The molecule has 142 valence electrons. The maximum Gasteiger partial charge on any atom is 0.342 e. The fourth-order valence-electron chi connectivity index (χ4n) is 3.12. The van der Waals surface area contributed by atoms with Crippen LogP contribution in [-0.2, 0) is 27.2 Å². The highest BCUT2D eigenvalue weighted by Crippen LogP contribution is 2.39. The van der Waals surface area contributed by atoms with Crippen LogP contribution in [0.5, 0.6) is 0 Å². The maximum absolute atomic E-state index is 13.1. The number of fused-ring (bicyclic) bond motifs is 1. The van der Waals surface area contributed by atoms with Gasteiger partial charge in [-0.1, -0.05) is 12.1 Å². The van der Waals surface area contributed by atoms with E-state index < -0.39 is 23.8 Å². The lowest BCUT2D eigenvalue weighted by Gasteiger charge is -2.17. The number of rotatable bonds is 5. The standard InChI is InChI=1S/C19H19FN2O4S/c1-10(23)22-18-15(13-4-2-3-5-14(13)27-18)19(25)26-16(17(21)24)11-6-8-12(20)9-7-11/h6-9,16H,2-5H2,1H3,(H2,21,24)(H,22,23)/t16-/m0/s1. The molecule has 1 aromatic carbocycles. The Morgan fingerprint density at radius 3 is 2.48 bits per heavy atom. The van der Waals surface area contributed by atoms with Crippen LogP contribution in [0, 0.1) is 5.82 Å². The van der Waals surface area contributed by atoms with Crippen molar-refractivity contribution in [2.45, 2.75) is 38.7 Å². The summed E-state index contributed by atoms with van der Waals surface area (Å²) in [6, 6.07) is 5.01. The third-order valence-corrected chi connectivity index (χ3v) is 5.53. The molecule has 6 nitrogen and oxygen atoms in total. The minimum Gasteiger partial charge on any atom is -0.444 e. The van der Waals surface area contributed by atoms with Crippen molar-refractivity contribution in [2.24, 2.45) is 5.73 Å². The summed E-state index contributed by atoms with van der Waals surface area (Å²) in [6.07, 6.45) is 2.13. The molecule has 8 heteroatoms. The van der Waals surface area contributed by atoms with Gasteiger partial charge in [-0.2, -0.15) is 0 Å². The Labute approximate surface area is 159 Å². The number of anilines is 1. The molecule has 1 aliphatic rings. The van der Waals surface area contributed by atoms with E-state index in [1.54, 1.807) is 0 Å². The van der Waals surface area contributed by atoms with E-state index >= 15 is 0 Å². The zero-order chi connectivity index (χ0) is 19.6. The second-order valence-corrected chi connectivity index (χ2v) is 7.44. The highest BCUT2D eigenvalue weighted by Gasteiger charge is 2.30. The van der Waals surface area contributed by atoms with Crippen LogP contribution in [0.15, 0.2) is 24.3 Å². The number of aryl methyl sites for hydroxylation is 1. The molecular formula is C19H19FN2O4S. The van der Waals surface area contributed by atoms with E-state index in [2.05, 4.69) is 5.32 Å². The predicted molar refractivity (Wildman–Crippen MR) is 99.0 cm³/mol. The molecule has 27 heavy (non-hydrogen) atoms. The van der Waals surface area contributed by atoms with Crippen molar-refractivity contribution in [1.82, 2.24) is 0 Å². The SMILES string of the molecule is CC(=O)Nc1sc2c(c1C(=O)O[C@H](C(N)=O)c1ccc(F)cc1)CCCC2. The molecule has 0 bridgehead atoms. The number of hydrogen-bond donors (Lipinski definition) is 2. The minimum atomic E-state index is -1.34. The summed E-state index contributed by atoms with van der Waals surface area (Å²) in [5.74, 6) is -2.37.